The van der Waals surface area contributed by atoms with E-state index in [1.165, 1.54) is 0 Å². The molecule has 0 spiro atoms. The number of hydrazine groups is 1. The Kier molecular flexibility index (Phi) is 5.00. The summed E-state index contributed by atoms with van der Waals surface area (Å²) in [7, 11) is -3.65. The number of rotatable bonds is 5. The van der Waals surface area contributed by atoms with Gasteiger partial charge < -0.3 is 0 Å². The van der Waals surface area contributed by atoms with Crippen LogP contribution in [0.2, 0.25) is 5.02 Å². The molecule has 0 atom stereocenters. The van der Waals surface area contributed by atoms with E-state index in [9.17, 15) is 8.42 Å². The van der Waals surface area contributed by atoms with Gasteiger partial charge in [0.1, 0.15) is 0 Å². The van der Waals surface area contributed by atoms with Crippen LogP contribution in [0.3, 0.4) is 0 Å². The predicted molar refractivity (Wildman–Crippen MR) is 84.4 cm³/mol. The molecule has 2 N–H and O–H groups in total. The largest absolute Gasteiger partial charge is 0.255 e. The van der Waals surface area contributed by atoms with Crippen molar-refractivity contribution in [3.63, 3.8) is 0 Å². The molecule has 0 unspecified atom stereocenters. The van der Waals surface area contributed by atoms with E-state index in [4.69, 9.17) is 17.4 Å². The van der Waals surface area contributed by atoms with Gasteiger partial charge in [0.05, 0.1) is 4.90 Å². The SMILES string of the molecule is Cc1ccc(S(=O)(=O)N(N)CCc2ccc(Cl)cc2)cc1. The van der Waals surface area contributed by atoms with Crippen molar-refractivity contribution in [2.75, 3.05) is 6.54 Å². The van der Waals surface area contributed by atoms with Crippen LogP contribution >= 0.6 is 11.6 Å². The molecule has 2 aromatic carbocycles. The van der Waals surface area contributed by atoms with E-state index in [1.807, 2.05) is 19.1 Å². The number of halogens is 1. The quantitative estimate of drug-likeness (QED) is 0.679. The molecule has 0 amide bonds. The maximum Gasteiger partial charge on any atom is 0.255 e. The second-order valence-electron chi connectivity index (χ2n) is 4.81. The Balaban J connectivity index is 2.06. The van der Waals surface area contributed by atoms with Gasteiger partial charge in [-0.15, -0.1) is 4.41 Å². The van der Waals surface area contributed by atoms with E-state index >= 15 is 0 Å². The zero-order valence-electron chi connectivity index (χ0n) is 11.7. The molecule has 0 aromatic heterocycles. The number of nitrogens with zero attached hydrogens (tertiary/aromatic N) is 1. The van der Waals surface area contributed by atoms with Crippen LogP contribution in [0, 0.1) is 6.92 Å². The molecule has 6 heteroatoms. The first kappa shape index (κ1) is 16.0. The van der Waals surface area contributed by atoms with E-state index in [0.717, 1.165) is 15.5 Å². The average molecular weight is 325 g/mol. The summed E-state index contributed by atoms with van der Waals surface area (Å²) in [4.78, 5) is 0.201. The summed E-state index contributed by atoms with van der Waals surface area (Å²) in [6, 6.07) is 13.9. The maximum absolute atomic E-state index is 12.3. The molecule has 0 aliphatic rings. The smallest absolute Gasteiger partial charge is 0.255 e. The van der Waals surface area contributed by atoms with E-state index in [2.05, 4.69) is 0 Å². The molecule has 0 radical (unpaired) electrons. The average Bonchev–Trinajstić information content (AvgIpc) is 2.46. The summed E-state index contributed by atoms with van der Waals surface area (Å²) in [5.74, 6) is 5.72. The second-order valence-corrected chi connectivity index (χ2v) is 7.13. The van der Waals surface area contributed by atoms with Crippen LogP contribution < -0.4 is 5.84 Å². The van der Waals surface area contributed by atoms with Crippen molar-refractivity contribution in [3.05, 3.63) is 64.7 Å². The highest BCUT2D eigenvalue weighted by Crippen LogP contribution is 2.15. The third-order valence-electron chi connectivity index (χ3n) is 3.16. The molecule has 4 nitrogen and oxygen atoms in total. The van der Waals surface area contributed by atoms with E-state index in [-0.39, 0.29) is 11.4 Å². The van der Waals surface area contributed by atoms with Crippen LogP contribution in [0.25, 0.3) is 0 Å². The fraction of sp³-hybridized carbons (Fsp3) is 0.200. The molecule has 0 bridgehead atoms. The Hall–Kier alpha value is -1.40. The Morgan fingerprint density at radius 2 is 1.62 bits per heavy atom. The lowest BCUT2D eigenvalue weighted by atomic mass is 10.2. The van der Waals surface area contributed by atoms with Crippen molar-refractivity contribution >= 4 is 21.6 Å². The van der Waals surface area contributed by atoms with Crippen molar-refractivity contribution in [2.45, 2.75) is 18.2 Å². The lowest BCUT2D eigenvalue weighted by molar-refractivity contribution is 0.429. The first-order valence-corrected chi connectivity index (χ1v) is 8.30. The summed E-state index contributed by atoms with van der Waals surface area (Å²) in [5, 5.41) is 0.649. The summed E-state index contributed by atoms with van der Waals surface area (Å²) >= 11 is 5.81. The van der Waals surface area contributed by atoms with Gasteiger partial charge in [0.2, 0.25) is 0 Å². The van der Waals surface area contributed by atoms with E-state index in [0.29, 0.717) is 11.4 Å². The molecular weight excluding hydrogens is 308 g/mol. The number of hydrogen-bond donors (Lipinski definition) is 1. The highest BCUT2D eigenvalue weighted by atomic mass is 35.5. The summed E-state index contributed by atoms with van der Waals surface area (Å²) < 4.78 is 25.5. The van der Waals surface area contributed by atoms with Gasteiger partial charge in [-0.25, -0.2) is 8.42 Å². The van der Waals surface area contributed by atoms with E-state index in [1.54, 1.807) is 36.4 Å². The molecule has 0 aliphatic carbocycles. The van der Waals surface area contributed by atoms with Gasteiger partial charge in [0, 0.05) is 11.6 Å². The van der Waals surface area contributed by atoms with Crippen molar-refractivity contribution < 1.29 is 8.42 Å². The predicted octanol–water partition coefficient (Wildman–Crippen LogP) is 2.76. The topological polar surface area (TPSA) is 63.4 Å². The lowest BCUT2D eigenvalue weighted by Crippen LogP contribution is -2.38. The molecule has 0 aliphatic heterocycles. The van der Waals surface area contributed by atoms with Crippen LogP contribution in [-0.4, -0.2) is 19.4 Å². The minimum atomic E-state index is -3.65. The lowest BCUT2D eigenvalue weighted by Gasteiger charge is -2.16. The van der Waals surface area contributed by atoms with Gasteiger partial charge in [0.25, 0.3) is 10.0 Å². The first-order chi connectivity index (χ1) is 9.89. The maximum atomic E-state index is 12.3. The van der Waals surface area contributed by atoms with Crippen molar-refractivity contribution in [3.8, 4) is 0 Å². The Labute approximate surface area is 130 Å². The van der Waals surface area contributed by atoms with Crippen molar-refractivity contribution in [1.82, 2.24) is 4.41 Å². The monoisotopic (exact) mass is 324 g/mol. The second kappa shape index (κ2) is 6.58. The first-order valence-electron chi connectivity index (χ1n) is 6.48. The fourth-order valence-corrected chi connectivity index (χ4v) is 3.06. The number of benzene rings is 2. The van der Waals surface area contributed by atoms with Gasteiger partial charge >= 0.3 is 0 Å². The Morgan fingerprint density at radius 1 is 1.05 bits per heavy atom. The number of sulfonamides is 1. The van der Waals surface area contributed by atoms with Crippen LogP contribution in [0.4, 0.5) is 0 Å². The molecule has 0 fully saturated rings. The third-order valence-corrected chi connectivity index (χ3v) is 5.08. The Morgan fingerprint density at radius 3 is 2.19 bits per heavy atom. The van der Waals surface area contributed by atoms with Crippen LogP contribution in [0.1, 0.15) is 11.1 Å². The minimum absolute atomic E-state index is 0.201. The third kappa shape index (κ3) is 4.04. The highest BCUT2D eigenvalue weighted by molar-refractivity contribution is 7.89. The van der Waals surface area contributed by atoms with Gasteiger partial charge in [0.15, 0.2) is 0 Å². The van der Waals surface area contributed by atoms with Crippen molar-refractivity contribution in [1.29, 1.82) is 0 Å². The van der Waals surface area contributed by atoms with Crippen LogP contribution in [0.15, 0.2) is 53.4 Å². The van der Waals surface area contributed by atoms with Gasteiger partial charge in [-0.3, -0.25) is 5.84 Å². The molecule has 0 saturated heterocycles. The minimum Gasteiger partial charge on any atom is -0.255 e. The van der Waals surface area contributed by atoms with Crippen LogP contribution in [-0.2, 0) is 16.4 Å². The van der Waals surface area contributed by atoms with Gasteiger partial charge in [-0.1, -0.05) is 41.4 Å². The molecule has 2 aromatic rings. The molecular formula is C15H17ClN2O2S. The molecule has 21 heavy (non-hydrogen) atoms. The van der Waals surface area contributed by atoms with Crippen molar-refractivity contribution in [2.24, 2.45) is 5.84 Å². The van der Waals surface area contributed by atoms with E-state index < -0.39 is 10.0 Å². The summed E-state index contributed by atoms with van der Waals surface area (Å²) in [5.41, 5.74) is 1.98. The van der Waals surface area contributed by atoms with Gasteiger partial charge in [-0.05, 0) is 43.2 Å². The number of nitrogens with two attached hydrogens (primary N) is 1. The zero-order chi connectivity index (χ0) is 15.5. The summed E-state index contributed by atoms with van der Waals surface area (Å²) in [6.07, 6.45) is 0.527. The van der Waals surface area contributed by atoms with Gasteiger partial charge in [-0.2, -0.15) is 0 Å². The Bertz CT molecular complexity index is 697. The zero-order valence-corrected chi connectivity index (χ0v) is 13.2. The molecule has 0 heterocycles. The van der Waals surface area contributed by atoms with Crippen LogP contribution in [0.5, 0.6) is 0 Å². The fourth-order valence-electron chi connectivity index (χ4n) is 1.86. The highest BCUT2D eigenvalue weighted by Gasteiger charge is 2.20. The molecule has 2 rings (SSSR count). The number of aryl methyl sites for hydroxylation is 1. The summed E-state index contributed by atoms with van der Waals surface area (Å²) in [6.45, 7) is 2.11. The standard InChI is InChI=1S/C15H17ClN2O2S/c1-12-2-8-15(9-3-12)21(19,20)18(17)11-10-13-4-6-14(16)7-5-13/h2-9H,10-11,17H2,1H3. The molecule has 112 valence electrons. The molecule has 0 saturated carbocycles. The normalized spacial score (nSPS) is 11.8. The number of hydrogen-bond acceptors (Lipinski definition) is 3.